The molecule has 1 aromatic heterocycles. The van der Waals surface area contributed by atoms with E-state index in [1.54, 1.807) is 12.1 Å². The van der Waals surface area contributed by atoms with Crippen molar-refractivity contribution in [1.82, 2.24) is 0 Å². The average Bonchev–Trinajstić information content (AvgIpc) is 2.41. The molecule has 2 aromatic carbocycles. The summed E-state index contributed by atoms with van der Waals surface area (Å²) in [5.74, 6) is -0.488. The maximum absolute atomic E-state index is 12.5. The van der Waals surface area contributed by atoms with Gasteiger partial charge in [-0.05, 0) is 33.6 Å². The van der Waals surface area contributed by atoms with Crippen LogP contribution in [0.5, 0.6) is 17.2 Å². The second-order valence-electron chi connectivity index (χ2n) is 4.48. The third-order valence-electron chi connectivity index (χ3n) is 3.10. The van der Waals surface area contributed by atoms with Gasteiger partial charge >= 0.3 is 0 Å². The molecule has 0 saturated carbocycles. The Kier molecular flexibility index (Phi) is 3.10. The molecule has 0 aliphatic heterocycles. The summed E-state index contributed by atoms with van der Waals surface area (Å²) >= 11 is 3.18. The molecular formula is C15H9BrO5. The zero-order chi connectivity index (χ0) is 15.1. The molecule has 21 heavy (non-hydrogen) atoms. The fourth-order valence-electron chi connectivity index (χ4n) is 2.09. The van der Waals surface area contributed by atoms with E-state index in [2.05, 4.69) is 15.9 Å². The normalized spacial score (nSPS) is 10.9. The second kappa shape index (κ2) is 4.82. The van der Waals surface area contributed by atoms with Crippen LogP contribution in [0.15, 0.2) is 50.3 Å². The molecule has 0 bridgehead atoms. The number of fused-ring (bicyclic) bond motifs is 1. The van der Waals surface area contributed by atoms with Crippen LogP contribution < -0.4 is 5.43 Å². The van der Waals surface area contributed by atoms with E-state index in [0.717, 1.165) is 6.07 Å². The number of hydrogen-bond acceptors (Lipinski definition) is 5. The molecule has 3 N–H and O–H groups in total. The summed E-state index contributed by atoms with van der Waals surface area (Å²) in [4.78, 5) is 12.5. The van der Waals surface area contributed by atoms with Crippen LogP contribution in [0.4, 0.5) is 0 Å². The molecule has 0 unspecified atom stereocenters. The Labute approximate surface area is 126 Å². The predicted octanol–water partition coefficient (Wildman–Crippen LogP) is 3.34. The Morgan fingerprint density at radius 1 is 1.00 bits per heavy atom. The number of halogens is 1. The van der Waals surface area contributed by atoms with Crippen LogP contribution >= 0.6 is 15.9 Å². The van der Waals surface area contributed by atoms with E-state index in [9.17, 15) is 20.1 Å². The molecule has 0 radical (unpaired) electrons. The van der Waals surface area contributed by atoms with E-state index in [0.29, 0.717) is 10.0 Å². The number of benzene rings is 2. The number of phenols is 3. The van der Waals surface area contributed by atoms with Crippen LogP contribution in [-0.4, -0.2) is 15.3 Å². The summed E-state index contributed by atoms with van der Waals surface area (Å²) < 4.78 is 5.75. The summed E-state index contributed by atoms with van der Waals surface area (Å²) in [6.07, 6.45) is 1.25. The quantitative estimate of drug-likeness (QED) is 0.627. The van der Waals surface area contributed by atoms with E-state index in [1.165, 1.54) is 18.4 Å². The van der Waals surface area contributed by atoms with Gasteiger partial charge in [-0.3, -0.25) is 4.79 Å². The lowest BCUT2D eigenvalue weighted by Gasteiger charge is -2.06. The maximum atomic E-state index is 12.5. The molecule has 3 rings (SSSR count). The van der Waals surface area contributed by atoms with Crippen molar-refractivity contribution in [3.05, 3.63) is 51.3 Å². The Morgan fingerprint density at radius 2 is 1.76 bits per heavy atom. The van der Waals surface area contributed by atoms with Gasteiger partial charge in [-0.1, -0.05) is 6.07 Å². The van der Waals surface area contributed by atoms with Crippen molar-refractivity contribution in [2.24, 2.45) is 0 Å². The van der Waals surface area contributed by atoms with Gasteiger partial charge in [0.15, 0.2) is 0 Å². The summed E-state index contributed by atoms with van der Waals surface area (Å²) in [5, 5.41) is 28.7. The van der Waals surface area contributed by atoms with Crippen LogP contribution in [0.25, 0.3) is 22.1 Å². The number of rotatable bonds is 1. The molecule has 1 heterocycles. The van der Waals surface area contributed by atoms with Crippen LogP contribution in [0.1, 0.15) is 0 Å². The average molecular weight is 349 g/mol. The lowest BCUT2D eigenvalue weighted by atomic mass is 10.0. The Hall–Kier alpha value is -2.47. The van der Waals surface area contributed by atoms with Gasteiger partial charge in [-0.25, -0.2) is 0 Å². The van der Waals surface area contributed by atoms with Gasteiger partial charge in [0.1, 0.15) is 34.5 Å². The highest BCUT2D eigenvalue weighted by molar-refractivity contribution is 9.10. The van der Waals surface area contributed by atoms with Crippen molar-refractivity contribution < 1.29 is 19.7 Å². The molecule has 0 saturated heterocycles. The standard InChI is InChI=1S/C15H9BrO5/c16-10-3-7(1-2-11(10)18)9-6-21-13-5-8(17)4-12(19)14(13)15(9)20/h1-6,17-19H. The maximum Gasteiger partial charge on any atom is 0.204 e. The van der Waals surface area contributed by atoms with E-state index in [-0.39, 0.29) is 33.8 Å². The lowest BCUT2D eigenvalue weighted by molar-refractivity contribution is 0.452. The fraction of sp³-hybridized carbons (Fsp3) is 0. The van der Waals surface area contributed by atoms with Crippen molar-refractivity contribution in [2.75, 3.05) is 0 Å². The highest BCUT2D eigenvalue weighted by atomic mass is 79.9. The van der Waals surface area contributed by atoms with E-state index in [1.807, 2.05) is 0 Å². The van der Waals surface area contributed by atoms with E-state index in [4.69, 9.17) is 4.42 Å². The molecule has 0 aliphatic carbocycles. The van der Waals surface area contributed by atoms with Crippen molar-refractivity contribution in [1.29, 1.82) is 0 Å². The highest BCUT2D eigenvalue weighted by Gasteiger charge is 2.14. The van der Waals surface area contributed by atoms with Gasteiger partial charge < -0.3 is 19.7 Å². The number of aromatic hydroxyl groups is 3. The highest BCUT2D eigenvalue weighted by Crippen LogP contribution is 2.32. The zero-order valence-corrected chi connectivity index (χ0v) is 12.1. The Balaban J connectivity index is 2.32. The van der Waals surface area contributed by atoms with Crippen molar-refractivity contribution in [3.8, 4) is 28.4 Å². The predicted molar refractivity (Wildman–Crippen MR) is 80.6 cm³/mol. The molecule has 5 nitrogen and oxygen atoms in total. The first kappa shape index (κ1) is 13.5. The van der Waals surface area contributed by atoms with E-state index >= 15 is 0 Å². The first-order valence-corrected chi connectivity index (χ1v) is 6.73. The van der Waals surface area contributed by atoms with Crippen LogP contribution in [0.2, 0.25) is 0 Å². The molecule has 0 atom stereocenters. The molecule has 0 aliphatic rings. The van der Waals surface area contributed by atoms with Crippen LogP contribution in [0.3, 0.4) is 0 Å². The summed E-state index contributed by atoms with van der Waals surface area (Å²) in [6, 6.07) is 6.92. The fourth-order valence-corrected chi connectivity index (χ4v) is 2.47. The molecule has 0 spiro atoms. The topological polar surface area (TPSA) is 90.9 Å². The largest absolute Gasteiger partial charge is 0.508 e. The van der Waals surface area contributed by atoms with Gasteiger partial charge in [-0.2, -0.15) is 0 Å². The molecule has 3 aromatic rings. The first-order chi connectivity index (χ1) is 9.97. The van der Waals surface area contributed by atoms with Gasteiger partial charge in [-0.15, -0.1) is 0 Å². The SMILES string of the molecule is O=c1c(-c2ccc(O)c(Br)c2)coc2cc(O)cc(O)c12. The molecule has 6 heteroatoms. The summed E-state index contributed by atoms with van der Waals surface area (Å²) in [7, 11) is 0. The second-order valence-corrected chi connectivity index (χ2v) is 5.34. The smallest absolute Gasteiger partial charge is 0.204 e. The number of phenolic OH excluding ortho intramolecular Hbond substituents is 3. The molecular weight excluding hydrogens is 340 g/mol. The summed E-state index contributed by atoms with van der Waals surface area (Å²) in [5.41, 5.74) is 0.442. The first-order valence-electron chi connectivity index (χ1n) is 5.94. The lowest BCUT2D eigenvalue weighted by Crippen LogP contribution is -2.05. The van der Waals surface area contributed by atoms with Gasteiger partial charge in [0, 0.05) is 12.1 Å². The molecule has 0 fully saturated rings. The van der Waals surface area contributed by atoms with Gasteiger partial charge in [0.05, 0.1) is 10.0 Å². The minimum absolute atomic E-state index is 0.00509. The van der Waals surface area contributed by atoms with Crippen molar-refractivity contribution in [2.45, 2.75) is 0 Å². The third-order valence-corrected chi connectivity index (χ3v) is 3.74. The zero-order valence-electron chi connectivity index (χ0n) is 10.5. The van der Waals surface area contributed by atoms with Gasteiger partial charge in [0.25, 0.3) is 0 Å². The number of hydrogen-bond donors (Lipinski definition) is 3. The van der Waals surface area contributed by atoms with Crippen LogP contribution in [-0.2, 0) is 0 Å². The van der Waals surface area contributed by atoms with Crippen molar-refractivity contribution >= 4 is 26.9 Å². The monoisotopic (exact) mass is 348 g/mol. The minimum atomic E-state index is -0.425. The Morgan fingerprint density at radius 3 is 2.48 bits per heavy atom. The van der Waals surface area contributed by atoms with Gasteiger partial charge in [0.2, 0.25) is 5.43 Å². The minimum Gasteiger partial charge on any atom is -0.508 e. The van der Waals surface area contributed by atoms with Crippen molar-refractivity contribution in [3.63, 3.8) is 0 Å². The Bertz CT molecular complexity index is 914. The summed E-state index contributed by atoms with van der Waals surface area (Å²) in [6.45, 7) is 0. The molecule has 106 valence electrons. The third kappa shape index (κ3) is 2.23. The molecule has 0 amide bonds. The van der Waals surface area contributed by atoms with E-state index < -0.39 is 5.43 Å². The van der Waals surface area contributed by atoms with Crippen LogP contribution in [0, 0.1) is 0 Å².